The number of piperidine rings is 1. The third-order valence-electron chi connectivity index (χ3n) is 16.8. The van der Waals surface area contributed by atoms with E-state index in [9.17, 15) is 19.8 Å². The highest BCUT2D eigenvalue weighted by Gasteiger charge is 2.48. The van der Waals surface area contributed by atoms with Crippen LogP contribution in [-0.4, -0.2) is 106 Å². The van der Waals surface area contributed by atoms with E-state index in [2.05, 4.69) is 191 Å². The predicted octanol–water partition coefficient (Wildman–Crippen LogP) is 13.0. The Hall–Kier alpha value is -3.14. The number of benzene rings is 2. The van der Waals surface area contributed by atoms with Crippen LogP contribution < -0.4 is 0 Å². The number of amides is 2. The molecule has 2 aromatic rings. The van der Waals surface area contributed by atoms with Gasteiger partial charge in [0.25, 0.3) is 0 Å². The van der Waals surface area contributed by atoms with Crippen LogP contribution in [0.4, 0.5) is 0 Å². The Balaban J connectivity index is 1.45. The summed E-state index contributed by atoms with van der Waals surface area (Å²) in [5.74, 6) is 1.51. The molecule has 70 heavy (non-hydrogen) atoms. The van der Waals surface area contributed by atoms with E-state index in [1.807, 2.05) is 0 Å². The number of carbonyl (C=O) groups is 2. The molecule has 0 spiro atoms. The number of aryl methyl sites for hydroxylation is 2. The van der Waals surface area contributed by atoms with E-state index < -0.39 is 0 Å². The molecule has 1 saturated heterocycles. The molecule has 2 N–H and O–H groups in total. The molecule has 2 aliphatic rings. The molecule has 9 heteroatoms. The fourth-order valence-electron chi connectivity index (χ4n) is 11.9. The zero-order valence-corrected chi connectivity index (χ0v) is 48.8. The topological polar surface area (TPSA) is 103 Å². The van der Waals surface area contributed by atoms with Crippen molar-refractivity contribution in [1.82, 2.24) is 14.7 Å². The van der Waals surface area contributed by atoms with Crippen molar-refractivity contribution in [1.29, 1.82) is 0 Å². The van der Waals surface area contributed by atoms with Crippen LogP contribution in [0.15, 0.2) is 24.3 Å². The third-order valence-corrected chi connectivity index (χ3v) is 16.8. The number of phenols is 2. The summed E-state index contributed by atoms with van der Waals surface area (Å²) < 4.78 is 12.5. The average molecular weight is 975 g/mol. The Morgan fingerprint density at radius 1 is 0.543 bits per heavy atom. The lowest BCUT2D eigenvalue weighted by Gasteiger charge is -2.55. The van der Waals surface area contributed by atoms with Gasteiger partial charge in [-0.05, 0) is 145 Å². The first kappa shape index (κ1) is 59.4. The minimum absolute atomic E-state index is 0.0695. The highest BCUT2D eigenvalue weighted by Crippen LogP contribution is 2.52. The van der Waals surface area contributed by atoms with Gasteiger partial charge in [-0.1, -0.05) is 142 Å². The van der Waals surface area contributed by atoms with Gasteiger partial charge in [0.1, 0.15) is 11.5 Å². The second-order valence-electron chi connectivity index (χ2n) is 28.5. The van der Waals surface area contributed by atoms with Gasteiger partial charge in [-0.15, -0.1) is 0 Å². The first-order chi connectivity index (χ1) is 31.7. The number of aromatic hydroxyl groups is 2. The largest absolute Gasteiger partial charge is 0.507 e. The van der Waals surface area contributed by atoms with Gasteiger partial charge >= 0.3 is 0 Å². The second kappa shape index (κ2) is 21.8. The molecule has 0 radical (unpaired) electrons. The molecule has 9 nitrogen and oxygen atoms in total. The zero-order chi connectivity index (χ0) is 53.4. The molecule has 398 valence electrons. The predicted molar refractivity (Wildman–Crippen MR) is 291 cm³/mol. The highest BCUT2D eigenvalue weighted by atomic mass is 16.5. The summed E-state index contributed by atoms with van der Waals surface area (Å²) in [6.45, 7) is 49.0. The van der Waals surface area contributed by atoms with E-state index in [1.165, 1.54) is 0 Å². The van der Waals surface area contributed by atoms with Gasteiger partial charge in [0.05, 0.1) is 26.4 Å². The highest BCUT2D eigenvalue weighted by molar-refractivity contribution is 5.77. The SMILES string of the molecule is CC1C(C)(C)CC(N(CCOCCOCCN(C(=O)CCc2cc(C(C)(C)C)c(O)c(C(C)(C)C)c2)C2CC(C)(C)N(C)C(C)(C)C2)C(=O)CCc2cc(C(C)(C)C)c(O)c(C(C)(C)C)c2)CC1(C)C. The molecular formula is C61H103N3O6. The van der Waals surface area contributed by atoms with Crippen molar-refractivity contribution in [3.63, 3.8) is 0 Å². The fourth-order valence-corrected chi connectivity index (χ4v) is 11.9. The van der Waals surface area contributed by atoms with Crippen molar-refractivity contribution >= 4 is 11.8 Å². The lowest BCUT2D eigenvalue weighted by atomic mass is 9.56. The molecule has 0 atom stereocenters. The molecule has 4 rings (SSSR count). The summed E-state index contributed by atoms with van der Waals surface area (Å²) in [5, 5.41) is 22.7. The summed E-state index contributed by atoms with van der Waals surface area (Å²) in [5.41, 5.74) is 4.83. The van der Waals surface area contributed by atoms with E-state index in [-0.39, 0.29) is 67.5 Å². The van der Waals surface area contributed by atoms with Gasteiger partial charge in [-0.25, -0.2) is 0 Å². The van der Waals surface area contributed by atoms with Crippen molar-refractivity contribution in [2.24, 2.45) is 16.7 Å². The van der Waals surface area contributed by atoms with Crippen LogP contribution in [0, 0.1) is 16.7 Å². The molecule has 1 saturated carbocycles. The van der Waals surface area contributed by atoms with Crippen molar-refractivity contribution in [3.05, 3.63) is 57.6 Å². The van der Waals surface area contributed by atoms with Crippen LogP contribution in [0.1, 0.15) is 217 Å². The van der Waals surface area contributed by atoms with Crippen LogP contribution in [0.2, 0.25) is 0 Å². The minimum atomic E-state index is -0.245. The van der Waals surface area contributed by atoms with Gasteiger partial charge in [-0.3, -0.25) is 14.5 Å². The first-order valence-corrected chi connectivity index (χ1v) is 26.9. The molecule has 2 amide bonds. The molecule has 2 fully saturated rings. The van der Waals surface area contributed by atoms with Gasteiger partial charge in [0.2, 0.25) is 11.8 Å². The first-order valence-electron chi connectivity index (χ1n) is 26.9. The van der Waals surface area contributed by atoms with Crippen LogP contribution in [-0.2, 0) is 53.6 Å². The zero-order valence-electron chi connectivity index (χ0n) is 48.8. The number of hydrogen-bond donors (Lipinski definition) is 2. The normalized spacial score (nSPS) is 20.9. The number of hydrogen-bond acceptors (Lipinski definition) is 7. The summed E-state index contributed by atoms with van der Waals surface area (Å²) in [7, 11) is 2.20. The number of likely N-dealkylation sites (tertiary alicyclic amines) is 1. The maximum atomic E-state index is 14.5. The van der Waals surface area contributed by atoms with E-state index in [4.69, 9.17) is 9.47 Å². The van der Waals surface area contributed by atoms with Gasteiger partial charge < -0.3 is 29.5 Å². The molecule has 1 aliphatic heterocycles. The maximum Gasteiger partial charge on any atom is 0.223 e. The third kappa shape index (κ3) is 14.8. The standard InChI is InChI=1S/C61H103N3O6/c1-41-58(14,15)37-44(38-59(41,16)17)63(50(65)25-23-42-33-46(54(2,3)4)52(67)47(34-42)55(5,6)7)27-29-69-31-32-70-30-28-64(45-39-60(18,19)62(22)61(20,21)40-45)51(66)26-24-43-35-48(56(8,9)10)53(68)49(36-43)57(11,12)13/h33-36,41,44-45,67-68H,23-32,37-40H2,1-22H3. The molecule has 1 heterocycles. The smallest absolute Gasteiger partial charge is 0.223 e. The lowest BCUT2D eigenvalue weighted by Crippen LogP contribution is -2.63. The van der Waals surface area contributed by atoms with E-state index in [0.29, 0.717) is 82.6 Å². The summed E-state index contributed by atoms with van der Waals surface area (Å²) in [4.78, 5) is 35.7. The Bertz CT molecular complexity index is 1850. The van der Waals surface area contributed by atoms with E-state index in [0.717, 1.165) is 59.1 Å². The Labute approximate surface area is 428 Å². The number of nitrogens with zero attached hydrogens (tertiary/aromatic N) is 3. The number of rotatable bonds is 17. The van der Waals surface area contributed by atoms with Crippen LogP contribution in [0.5, 0.6) is 11.5 Å². The summed E-state index contributed by atoms with van der Waals surface area (Å²) in [6.07, 6.45) is 5.60. The Kier molecular flexibility index (Phi) is 18.5. The van der Waals surface area contributed by atoms with Gasteiger partial charge in [0.15, 0.2) is 0 Å². The van der Waals surface area contributed by atoms with Crippen LogP contribution in [0.3, 0.4) is 0 Å². The van der Waals surface area contributed by atoms with Gasteiger partial charge in [-0.2, -0.15) is 0 Å². The Morgan fingerprint density at radius 2 is 0.829 bits per heavy atom. The Morgan fingerprint density at radius 3 is 1.11 bits per heavy atom. The molecule has 0 aromatic heterocycles. The molecule has 1 aliphatic carbocycles. The maximum absolute atomic E-state index is 14.5. The average Bonchev–Trinajstić information content (AvgIpc) is 3.19. The van der Waals surface area contributed by atoms with Crippen LogP contribution >= 0.6 is 0 Å². The monoisotopic (exact) mass is 974 g/mol. The van der Waals surface area contributed by atoms with Crippen molar-refractivity contribution in [2.75, 3.05) is 46.6 Å². The van der Waals surface area contributed by atoms with Crippen molar-refractivity contribution in [2.45, 2.75) is 242 Å². The summed E-state index contributed by atoms with van der Waals surface area (Å²) >= 11 is 0. The van der Waals surface area contributed by atoms with Gasteiger partial charge in [0, 0.05) is 49.1 Å². The van der Waals surface area contributed by atoms with E-state index >= 15 is 0 Å². The molecule has 2 aromatic carbocycles. The minimum Gasteiger partial charge on any atom is -0.507 e. The molecular weight excluding hydrogens is 871 g/mol. The number of phenolic OH excluding ortho intramolecular Hbond substituents is 2. The molecule has 0 unspecified atom stereocenters. The lowest BCUT2D eigenvalue weighted by molar-refractivity contribution is -0.140. The van der Waals surface area contributed by atoms with E-state index in [1.54, 1.807) is 0 Å². The fraction of sp³-hybridized carbons (Fsp3) is 0.770. The number of carbonyl (C=O) groups excluding carboxylic acids is 2. The second-order valence-corrected chi connectivity index (χ2v) is 28.5. The van der Waals surface area contributed by atoms with Crippen LogP contribution in [0.25, 0.3) is 0 Å². The van der Waals surface area contributed by atoms with Crippen molar-refractivity contribution in [3.8, 4) is 11.5 Å². The molecule has 0 bridgehead atoms. The van der Waals surface area contributed by atoms with Crippen molar-refractivity contribution < 1.29 is 29.3 Å². The number of ether oxygens (including phenoxy) is 2. The quantitative estimate of drug-likeness (QED) is 0.152. The summed E-state index contributed by atoms with van der Waals surface area (Å²) in [6, 6.07) is 8.58.